The van der Waals surface area contributed by atoms with Gasteiger partial charge in [0.25, 0.3) is 0 Å². The van der Waals surface area contributed by atoms with Gasteiger partial charge in [-0.25, -0.2) is 0 Å². The lowest BCUT2D eigenvalue weighted by molar-refractivity contribution is -0.117. The van der Waals surface area contributed by atoms with E-state index in [1.807, 2.05) is 36.4 Å². The van der Waals surface area contributed by atoms with Crippen LogP contribution in [0.25, 0.3) is 5.70 Å². The summed E-state index contributed by atoms with van der Waals surface area (Å²) in [7, 11) is 5.10. The van der Waals surface area contributed by atoms with E-state index in [0.717, 1.165) is 54.6 Å². The zero-order valence-corrected chi connectivity index (χ0v) is 17.9. The van der Waals surface area contributed by atoms with Crippen LogP contribution in [-0.4, -0.2) is 64.8 Å². The first-order chi connectivity index (χ1) is 14.5. The summed E-state index contributed by atoms with van der Waals surface area (Å²) in [4.78, 5) is 17.1. The molecule has 0 spiro atoms. The maximum absolute atomic E-state index is 12.6. The van der Waals surface area contributed by atoms with Gasteiger partial charge in [0.1, 0.15) is 11.5 Å². The third-order valence-corrected chi connectivity index (χ3v) is 5.27. The zero-order chi connectivity index (χ0) is 21.5. The van der Waals surface area contributed by atoms with E-state index >= 15 is 0 Å². The lowest BCUT2D eigenvalue weighted by atomic mass is 10.1. The van der Waals surface area contributed by atoms with Gasteiger partial charge in [-0.05, 0) is 30.3 Å². The van der Waals surface area contributed by atoms with Crippen LogP contribution in [-0.2, 0) is 4.79 Å². The van der Waals surface area contributed by atoms with Gasteiger partial charge in [-0.2, -0.15) is 0 Å². The highest BCUT2D eigenvalue weighted by atomic mass is 16.5. The molecular formula is C23H30N4O3. The molecule has 160 valence electrons. The maximum Gasteiger partial charge on any atom is 0.238 e. The molecule has 2 N–H and O–H groups in total. The van der Waals surface area contributed by atoms with Crippen LogP contribution in [0.3, 0.4) is 0 Å². The largest absolute Gasteiger partial charge is 0.497 e. The van der Waals surface area contributed by atoms with Crippen LogP contribution < -0.4 is 25.0 Å². The highest BCUT2D eigenvalue weighted by Crippen LogP contribution is 2.27. The Kier molecular flexibility index (Phi) is 7.19. The Morgan fingerprint density at radius 2 is 1.83 bits per heavy atom. The predicted octanol–water partition coefficient (Wildman–Crippen LogP) is 2.65. The summed E-state index contributed by atoms with van der Waals surface area (Å²) in [5.74, 6) is 1.53. The van der Waals surface area contributed by atoms with Crippen molar-refractivity contribution < 1.29 is 14.3 Å². The molecule has 7 heteroatoms. The Labute approximate surface area is 178 Å². The molecule has 30 heavy (non-hydrogen) atoms. The molecular weight excluding hydrogens is 380 g/mol. The number of hydrogen-bond acceptors (Lipinski definition) is 6. The molecule has 0 aromatic heterocycles. The molecule has 0 bridgehead atoms. The SMILES string of the molecule is C=C(NC)c1cc(NC(=O)CN2CCN(c3cccc(OC)c3)CC2)ccc1OC. The van der Waals surface area contributed by atoms with Crippen LogP contribution in [0.5, 0.6) is 11.5 Å². The summed E-state index contributed by atoms with van der Waals surface area (Å²) >= 11 is 0. The van der Waals surface area contributed by atoms with Crippen molar-refractivity contribution in [3.8, 4) is 11.5 Å². The first kappa shape index (κ1) is 21.5. The van der Waals surface area contributed by atoms with Gasteiger partial charge in [-0.3, -0.25) is 9.69 Å². The average Bonchev–Trinajstić information content (AvgIpc) is 2.79. The fraction of sp³-hybridized carbons (Fsp3) is 0.348. The molecule has 1 aliphatic rings. The minimum Gasteiger partial charge on any atom is -0.497 e. The van der Waals surface area contributed by atoms with Crippen molar-refractivity contribution in [2.24, 2.45) is 0 Å². The molecule has 2 aromatic rings. The topological polar surface area (TPSA) is 66.1 Å². The van der Waals surface area contributed by atoms with E-state index in [2.05, 4.69) is 33.1 Å². The van der Waals surface area contributed by atoms with Crippen molar-refractivity contribution in [3.63, 3.8) is 0 Å². The normalized spacial score (nSPS) is 14.2. The lowest BCUT2D eigenvalue weighted by Gasteiger charge is -2.35. The Balaban J connectivity index is 1.54. The summed E-state index contributed by atoms with van der Waals surface area (Å²) in [6.07, 6.45) is 0. The van der Waals surface area contributed by atoms with E-state index in [1.165, 1.54) is 0 Å². The number of hydrogen-bond donors (Lipinski definition) is 2. The number of carbonyl (C=O) groups is 1. The van der Waals surface area contributed by atoms with Crippen LogP contribution >= 0.6 is 0 Å². The fourth-order valence-corrected chi connectivity index (χ4v) is 3.53. The molecule has 0 atom stereocenters. The second-order valence-corrected chi connectivity index (χ2v) is 7.16. The molecule has 0 radical (unpaired) electrons. The maximum atomic E-state index is 12.6. The number of methoxy groups -OCH3 is 2. The molecule has 3 rings (SSSR count). The van der Waals surface area contributed by atoms with Crippen LogP contribution in [0.1, 0.15) is 5.56 Å². The van der Waals surface area contributed by atoms with Gasteiger partial charge in [-0.15, -0.1) is 0 Å². The standard InChI is InChI=1S/C23H30N4O3/c1-17(24-2)21-14-18(8-9-22(21)30-4)25-23(28)16-26-10-12-27(13-11-26)19-6-5-7-20(15-19)29-3/h5-9,14-15,24H,1,10-13,16H2,2-4H3,(H,25,28). The first-order valence-electron chi connectivity index (χ1n) is 10.0. The summed E-state index contributed by atoms with van der Waals surface area (Å²) in [5.41, 5.74) is 3.43. The number of carbonyl (C=O) groups excluding carboxylic acids is 1. The average molecular weight is 411 g/mol. The highest BCUT2D eigenvalue weighted by molar-refractivity contribution is 5.93. The molecule has 1 saturated heterocycles. The van der Waals surface area contributed by atoms with Gasteiger partial charge in [0.15, 0.2) is 0 Å². The Hall–Kier alpha value is -3.19. The second-order valence-electron chi connectivity index (χ2n) is 7.16. The van der Waals surface area contributed by atoms with E-state index in [-0.39, 0.29) is 5.91 Å². The first-order valence-corrected chi connectivity index (χ1v) is 10.0. The monoisotopic (exact) mass is 410 g/mol. The molecule has 1 aliphatic heterocycles. The Morgan fingerprint density at radius 3 is 2.50 bits per heavy atom. The molecule has 2 aromatic carbocycles. The van der Waals surface area contributed by atoms with E-state index in [4.69, 9.17) is 9.47 Å². The van der Waals surface area contributed by atoms with Gasteiger partial charge >= 0.3 is 0 Å². The molecule has 7 nitrogen and oxygen atoms in total. The van der Waals surface area contributed by atoms with Crippen molar-refractivity contribution in [2.75, 3.05) is 64.2 Å². The molecule has 0 saturated carbocycles. The number of piperazine rings is 1. The second kappa shape index (κ2) is 10.0. The number of rotatable bonds is 8. The number of ether oxygens (including phenoxy) is 2. The molecule has 1 amide bonds. The van der Waals surface area contributed by atoms with E-state index in [9.17, 15) is 4.79 Å². The molecule has 1 heterocycles. The predicted molar refractivity (Wildman–Crippen MR) is 121 cm³/mol. The van der Waals surface area contributed by atoms with Gasteiger partial charge < -0.3 is 25.0 Å². The Morgan fingerprint density at radius 1 is 1.07 bits per heavy atom. The van der Waals surface area contributed by atoms with Crippen molar-refractivity contribution in [3.05, 3.63) is 54.6 Å². The summed E-state index contributed by atoms with van der Waals surface area (Å²) in [5, 5.41) is 6.00. The van der Waals surface area contributed by atoms with Gasteiger partial charge in [0.05, 0.1) is 20.8 Å². The van der Waals surface area contributed by atoms with Crippen molar-refractivity contribution in [1.82, 2.24) is 10.2 Å². The molecule has 1 fully saturated rings. The van der Waals surface area contributed by atoms with Crippen molar-refractivity contribution in [2.45, 2.75) is 0 Å². The van der Waals surface area contributed by atoms with Gasteiger partial charge in [-0.1, -0.05) is 12.6 Å². The lowest BCUT2D eigenvalue weighted by Crippen LogP contribution is -2.48. The molecule has 0 unspecified atom stereocenters. The summed E-state index contributed by atoms with van der Waals surface area (Å²) < 4.78 is 10.7. The number of benzene rings is 2. The van der Waals surface area contributed by atoms with Gasteiger partial charge in [0, 0.05) is 61.9 Å². The highest BCUT2D eigenvalue weighted by Gasteiger charge is 2.20. The quantitative estimate of drug-likeness (QED) is 0.698. The van der Waals surface area contributed by atoms with Crippen molar-refractivity contribution >= 4 is 23.0 Å². The zero-order valence-electron chi connectivity index (χ0n) is 17.9. The number of anilines is 2. The summed E-state index contributed by atoms with van der Waals surface area (Å²) in [6.45, 7) is 7.74. The number of amides is 1. The number of nitrogens with zero attached hydrogens (tertiary/aromatic N) is 2. The number of nitrogens with one attached hydrogen (secondary N) is 2. The van der Waals surface area contributed by atoms with Crippen LogP contribution in [0.2, 0.25) is 0 Å². The smallest absolute Gasteiger partial charge is 0.238 e. The Bertz CT molecular complexity index is 892. The van der Waals surface area contributed by atoms with Crippen LogP contribution in [0.15, 0.2) is 49.0 Å². The van der Waals surface area contributed by atoms with E-state index in [1.54, 1.807) is 21.3 Å². The van der Waals surface area contributed by atoms with E-state index < -0.39 is 0 Å². The molecule has 0 aliphatic carbocycles. The minimum absolute atomic E-state index is 0.0315. The third-order valence-electron chi connectivity index (χ3n) is 5.27. The minimum atomic E-state index is -0.0315. The van der Waals surface area contributed by atoms with Crippen LogP contribution in [0.4, 0.5) is 11.4 Å². The van der Waals surface area contributed by atoms with Crippen LogP contribution in [0, 0.1) is 0 Å². The fourth-order valence-electron chi connectivity index (χ4n) is 3.53. The third kappa shape index (κ3) is 5.24. The van der Waals surface area contributed by atoms with Crippen molar-refractivity contribution in [1.29, 1.82) is 0 Å². The van der Waals surface area contributed by atoms with Gasteiger partial charge in [0.2, 0.25) is 5.91 Å². The van der Waals surface area contributed by atoms with E-state index in [0.29, 0.717) is 12.3 Å². The summed E-state index contributed by atoms with van der Waals surface area (Å²) in [6, 6.07) is 13.6.